The van der Waals surface area contributed by atoms with Crippen LogP contribution in [0.5, 0.6) is 5.75 Å². The second-order valence-electron chi connectivity index (χ2n) is 5.87. The highest BCUT2D eigenvalue weighted by atomic mass is 35.5. The third-order valence-corrected chi connectivity index (χ3v) is 6.37. The Hall–Kier alpha value is -2.82. The Kier molecular flexibility index (Phi) is 5.31. The Balaban J connectivity index is 1.59. The molecule has 0 fully saturated rings. The second kappa shape index (κ2) is 7.90. The van der Waals surface area contributed by atoms with Gasteiger partial charge >= 0.3 is 0 Å². The molecule has 148 valence electrons. The van der Waals surface area contributed by atoms with Crippen molar-refractivity contribution in [2.75, 3.05) is 4.72 Å². The molecule has 0 unspecified atom stereocenters. The lowest BCUT2D eigenvalue weighted by atomic mass is 10.1. The third-order valence-electron chi connectivity index (χ3n) is 4.02. The van der Waals surface area contributed by atoms with Gasteiger partial charge in [0.2, 0.25) is 5.13 Å². The molecule has 7 nitrogen and oxygen atoms in total. The molecule has 29 heavy (non-hydrogen) atoms. The molecule has 0 spiro atoms. The number of anilines is 1. The van der Waals surface area contributed by atoms with Crippen LogP contribution in [0.1, 0.15) is 5.56 Å². The van der Waals surface area contributed by atoms with E-state index in [1.54, 1.807) is 12.4 Å². The SMILES string of the molecule is O=S(=O)(Nc1ncns1)c1cc(Cl)c(OCc2cccc3ccncc23)cc1F. The summed E-state index contributed by atoms with van der Waals surface area (Å²) in [4.78, 5) is 7.21. The number of rotatable bonds is 6. The zero-order valence-corrected chi connectivity index (χ0v) is 16.9. The lowest BCUT2D eigenvalue weighted by Crippen LogP contribution is -2.14. The molecule has 0 saturated carbocycles. The highest BCUT2D eigenvalue weighted by molar-refractivity contribution is 7.93. The van der Waals surface area contributed by atoms with E-state index in [4.69, 9.17) is 16.3 Å². The van der Waals surface area contributed by atoms with Gasteiger partial charge < -0.3 is 4.74 Å². The van der Waals surface area contributed by atoms with Gasteiger partial charge in [-0.1, -0.05) is 29.8 Å². The Morgan fingerprint density at radius 2 is 2.10 bits per heavy atom. The maximum atomic E-state index is 14.5. The van der Waals surface area contributed by atoms with Gasteiger partial charge in [-0.05, 0) is 23.1 Å². The molecular formula is C18H12ClFN4O3S2. The number of nitrogens with one attached hydrogen (secondary N) is 1. The summed E-state index contributed by atoms with van der Waals surface area (Å²) >= 11 is 6.98. The van der Waals surface area contributed by atoms with Gasteiger partial charge in [-0.3, -0.25) is 9.71 Å². The largest absolute Gasteiger partial charge is 0.487 e. The highest BCUT2D eigenvalue weighted by Gasteiger charge is 2.23. The normalized spacial score (nSPS) is 11.5. The summed E-state index contributed by atoms with van der Waals surface area (Å²) in [5.74, 6) is -0.971. The smallest absolute Gasteiger partial charge is 0.266 e. The molecular weight excluding hydrogens is 439 g/mol. The number of benzene rings is 2. The van der Waals surface area contributed by atoms with Crippen molar-refractivity contribution >= 4 is 49.1 Å². The van der Waals surface area contributed by atoms with Crippen LogP contribution < -0.4 is 9.46 Å². The quantitative estimate of drug-likeness (QED) is 0.471. The van der Waals surface area contributed by atoms with Gasteiger partial charge in [-0.15, -0.1) is 0 Å². The number of hydrogen-bond acceptors (Lipinski definition) is 7. The van der Waals surface area contributed by atoms with Gasteiger partial charge in [-0.2, -0.15) is 4.37 Å². The molecule has 11 heteroatoms. The van der Waals surface area contributed by atoms with Crippen LogP contribution in [-0.4, -0.2) is 22.8 Å². The number of ether oxygens (including phenoxy) is 1. The van der Waals surface area contributed by atoms with Crippen molar-refractivity contribution in [3.8, 4) is 5.75 Å². The van der Waals surface area contributed by atoms with E-state index < -0.39 is 20.7 Å². The van der Waals surface area contributed by atoms with Crippen LogP contribution >= 0.6 is 23.1 Å². The Morgan fingerprint density at radius 3 is 2.90 bits per heavy atom. The minimum atomic E-state index is -4.21. The first kappa shape index (κ1) is 19.5. The Morgan fingerprint density at radius 1 is 1.24 bits per heavy atom. The van der Waals surface area contributed by atoms with Crippen LogP contribution in [0, 0.1) is 5.82 Å². The maximum absolute atomic E-state index is 14.5. The molecule has 2 heterocycles. The number of halogens is 2. The second-order valence-corrected chi connectivity index (χ2v) is 8.71. The zero-order chi connectivity index (χ0) is 20.4. The van der Waals surface area contributed by atoms with Crippen molar-refractivity contribution in [2.45, 2.75) is 11.5 Å². The Bertz CT molecular complexity index is 1280. The number of hydrogen-bond donors (Lipinski definition) is 1. The summed E-state index contributed by atoms with van der Waals surface area (Å²) in [6.07, 6.45) is 4.59. The summed E-state index contributed by atoms with van der Waals surface area (Å²) in [6, 6.07) is 9.49. The lowest BCUT2D eigenvalue weighted by Gasteiger charge is -2.12. The molecule has 0 radical (unpaired) electrons. The molecule has 0 saturated heterocycles. The van der Waals surface area contributed by atoms with Crippen LogP contribution in [0.15, 0.2) is 60.0 Å². The fourth-order valence-electron chi connectivity index (χ4n) is 2.67. The first-order valence-corrected chi connectivity index (χ1v) is 10.8. The summed E-state index contributed by atoms with van der Waals surface area (Å²) in [7, 11) is -4.21. The van der Waals surface area contributed by atoms with E-state index >= 15 is 0 Å². The van der Waals surface area contributed by atoms with Gasteiger partial charge in [0.1, 0.15) is 29.4 Å². The van der Waals surface area contributed by atoms with E-state index in [1.165, 1.54) is 6.33 Å². The first-order valence-electron chi connectivity index (χ1n) is 8.17. The van der Waals surface area contributed by atoms with Gasteiger partial charge in [0.05, 0.1) is 5.02 Å². The summed E-state index contributed by atoms with van der Waals surface area (Å²) in [6.45, 7) is 0.108. The highest BCUT2D eigenvalue weighted by Crippen LogP contribution is 2.32. The standard InChI is InChI=1S/C18H12ClFN4O3S2/c19-14-6-17(29(25,26)24-18-22-10-23-28-18)15(20)7-16(14)27-9-12-3-1-2-11-4-5-21-8-13(11)12/h1-8,10H,9H2,(H,22,23,24). The van der Waals surface area contributed by atoms with Crippen LogP contribution in [0.25, 0.3) is 10.8 Å². The summed E-state index contributed by atoms with van der Waals surface area (Å²) in [5.41, 5.74) is 0.835. The fourth-order valence-corrected chi connectivity index (χ4v) is 4.70. The minimum Gasteiger partial charge on any atom is -0.487 e. The predicted molar refractivity (Wildman–Crippen MR) is 108 cm³/mol. The van der Waals surface area contributed by atoms with Crippen LogP contribution in [-0.2, 0) is 16.6 Å². The van der Waals surface area contributed by atoms with Crippen molar-refractivity contribution in [3.63, 3.8) is 0 Å². The van der Waals surface area contributed by atoms with Crippen molar-refractivity contribution in [2.24, 2.45) is 0 Å². The third kappa shape index (κ3) is 4.14. The van der Waals surface area contributed by atoms with E-state index in [9.17, 15) is 12.8 Å². The lowest BCUT2D eigenvalue weighted by molar-refractivity contribution is 0.305. The number of fused-ring (bicyclic) bond motifs is 1. The average Bonchev–Trinajstić information content (AvgIpc) is 3.20. The molecule has 0 aliphatic rings. The van der Waals surface area contributed by atoms with E-state index in [0.29, 0.717) is 0 Å². The maximum Gasteiger partial charge on any atom is 0.266 e. The average molecular weight is 451 g/mol. The van der Waals surface area contributed by atoms with Crippen molar-refractivity contribution in [1.29, 1.82) is 0 Å². The number of pyridine rings is 1. The van der Waals surface area contributed by atoms with E-state index in [0.717, 1.165) is 40.0 Å². The molecule has 4 aromatic rings. The van der Waals surface area contributed by atoms with Crippen molar-refractivity contribution in [1.82, 2.24) is 14.3 Å². The minimum absolute atomic E-state index is 0.0189. The monoisotopic (exact) mass is 450 g/mol. The van der Waals surface area contributed by atoms with Gasteiger partial charge in [0, 0.05) is 35.4 Å². The molecule has 0 atom stereocenters. The van der Waals surface area contributed by atoms with Gasteiger partial charge in [0.25, 0.3) is 10.0 Å². The van der Waals surface area contributed by atoms with E-state index in [1.807, 2.05) is 24.3 Å². The topological polar surface area (TPSA) is 94.1 Å². The first-order chi connectivity index (χ1) is 13.9. The zero-order valence-electron chi connectivity index (χ0n) is 14.5. The fraction of sp³-hybridized carbons (Fsp3) is 0.0556. The van der Waals surface area contributed by atoms with E-state index in [2.05, 4.69) is 19.1 Å². The van der Waals surface area contributed by atoms with Gasteiger partial charge in [0.15, 0.2) is 0 Å². The van der Waals surface area contributed by atoms with Gasteiger partial charge in [-0.25, -0.2) is 17.8 Å². The van der Waals surface area contributed by atoms with Crippen molar-refractivity contribution in [3.05, 3.63) is 71.5 Å². The molecule has 0 bridgehead atoms. The molecule has 2 aromatic carbocycles. The van der Waals surface area contributed by atoms with Crippen LogP contribution in [0.3, 0.4) is 0 Å². The Labute approximate surface area is 174 Å². The predicted octanol–water partition coefficient (Wildman–Crippen LogP) is 4.26. The van der Waals surface area contributed by atoms with E-state index in [-0.39, 0.29) is 22.5 Å². The van der Waals surface area contributed by atoms with Crippen LogP contribution in [0.2, 0.25) is 5.02 Å². The number of sulfonamides is 1. The number of aromatic nitrogens is 3. The molecule has 0 aliphatic heterocycles. The molecule has 4 rings (SSSR count). The molecule has 2 aromatic heterocycles. The molecule has 0 amide bonds. The summed E-state index contributed by atoms with van der Waals surface area (Å²) < 4.78 is 50.8. The molecule has 0 aliphatic carbocycles. The van der Waals surface area contributed by atoms with Crippen LogP contribution in [0.4, 0.5) is 9.52 Å². The van der Waals surface area contributed by atoms with Crippen molar-refractivity contribution < 1.29 is 17.5 Å². The summed E-state index contributed by atoms with van der Waals surface area (Å²) in [5, 5.41) is 1.86. The number of nitrogens with zero attached hydrogens (tertiary/aromatic N) is 3. The molecule has 1 N–H and O–H groups in total.